The summed E-state index contributed by atoms with van der Waals surface area (Å²) in [4.78, 5) is 13.6. The van der Waals surface area contributed by atoms with Crippen LogP contribution in [0.1, 0.15) is 30.6 Å². The number of carbonyl (C=O) groups is 1. The van der Waals surface area contributed by atoms with Gasteiger partial charge in [0.25, 0.3) is 5.91 Å². The predicted octanol–water partition coefficient (Wildman–Crippen LogP) is 2.74. The zero-order valence-corrected chi connectivity index (χ0v) is 10.6. The number of nitrogens with zero attached hydrogens (tertiary/aromatic N) is 1. The van der Waals surface area contributed by atoms with E-state index in [9.17, 15) is 9.18 Å². The largest absolute Gasteiger partial charge is 0.382 e. The van der Waals surface area contributed by atoms with Crippen molar-refractivity contribution in [3.63, 3.8) is 0 Å². The molecule has 0 aliphatic carbocycles. The van der Waals surface area contributed by atoms with Crippen molar-refractivity contribution < 1.29 is 9.18 Å². The lowest BCUT2D eigenvalue weighted by Gasteiger charge is -2.18. The van der Waals surface area contributed by atoms with Crippen LogP contribution in [0.25, 0.3) is 0 Å². The molecule has 0 bridgehead atoms. The number of rotatable bonds is 5. The van der Waals surface area contributed by atoms with E-state index in [1.807, 2.05) is 13.8 Å². The second kappa shape index (κ2) is 6.23. The van der Waals surface area contributed by atoms with Gasteiger partial charge in [-0.1, -0.05) is 13.0 Å². The summed E-state index contributed by atoms with van der Waals surface area (Å²) in [6, 6.07) is 4.57. The molecule has 0 unspecified atom stereocenters. The fraction of sp³-hybridized carbons (Fsp3) is 0.462. The van der Waals surface area contributed by atoms with E-state index in [4.69, 9.17) is 0 Å². The van der Waals surface area contributed by atoms with Crippen molar-refractivity contribution in [3.8, 4) is 0 Å². The van der Waals surface area contributed by atoms with E-state index in [0.29, 0.717) is 24.3 Å². The molecule has 0 radical (unpaired) electrons. The first-order valence-electron chi connectivity index (χ1n) is 5.89. The average molecular weight is 238 g/mol. The van der Waals surface area contributed by atoms with E-state index in [1.165, 1.54) is 6.07 Å². The molecular weight excluding hydrogens is 219 g/mol. The summed E-state index contributed by atoms with van der Waals surface area (Å²) in [5, 5.41) is 2.97. The minimum Gasteiger partial charge on any atom is -0.382 e. The maximum Gasteiger partial charge on any atom is 0.255 e. The molecule has 0 fully saturated rings. The summed E-state index contributed by atoms with van der Waals surface area (Å²) in [7, 11) is 1.71. The van der Waals surface area contributed by atoms with Gasteiger partial charge < -0.3 is 10.2 Å². The van der Waals surface area contributed by atoms with Crippen molar-refractivity contribution >= 4 is 11.6 Å². The molecule has 0 atom stereocenters. The summed E-state index contributed by atoms with van der Waals surface area (Å²) in [5.41, 5.74) is 0.697. The van der Waals surface area contributed by atoms with Gasteiger partial charge in [-0.25, -0.2) is 4.39 Å². The number of benzene rings is 1. The number of para-hydroxylation sites is 1. The van der Waals surface area contributed by atoms with Crippen LogP contribution in [0.2, 0.25) is 0 Å². The topological polar surface area (TPSA) is 32.3 Å². The molecular formula is C13H19FN2O. The van der Waals surface area contributed by atoms with Crippen LogP contribution in [0.15, 0.2) is 18.2 Å². The highest BCUT2D eigenvalue weighted by Gasteiger charge is 2.17. The Morgan fingerprint density at radius 3 is 2.71 bits per heavy atom. The van der Waals surface area contributed by atoms with E-state index >= 15 is 0 Å². The molecule has 0 spiro atoms. The molecule has 0 aliphatic rings. The van der Waals surface area contributed by atoms with Crippen molar-refractivity contribution in [3.05, 3.63) is 29.6 Å². The van der Waals surface area contributed by atoms with Gasteiger partial charge >= 0.3 is 0 Å². The van der Waals surface area contributed by atoms with Gasteiger partial charge in [-0.15, -0.1) is 0 Å². The zero-order valence-electron chi connectivity index (χ0n) is 10.6. The Hall–Kier alpha value is -1.58. The van der Waals surface area contributed by atoms with E-state index in [1.54, 1.807) is 24.1 Å². The van der Waals surface area contributed by atoms with E-state index in [0.717, 1.165) is 6.42 Å². The Balaban J connectivity index is 3.05. The van der Waals surface area contributed by atoms with Gasteiger partial charge in [0.2, 0.25) is 0 Å². The Morgan fingerprint density at radius 2 is 2.12 bits per heavy atom. The van der Waals surface area contributed by atoms with Gasteiger partial charge in [-0.05, 0) is 25.5 Å². The second-order valence-electron chi connectivity index (χ2n) is 3.91. The van der Waals surface area contributed by atoms with Gasteiger partial charge in [0, 0.05) is 20.1 Å². The molecule has 94 valence electrons. The number of carbonyl (C=O) groups excluding carboxylic acids is 1. The summed E-state index contributed by atoms with van der Waals surface area (Å²) in [5.74, 6) is -0.542. The second-order valence-corrected chi connectivity index (χ2v) is 3.91. The van der Waals surface area contributed by atoms with Crippen molar-refractivity contribution in [1.82, 2.24) is 4.90 Å². The molecule has 0 saturated carbocycles. The van der Waals surface area contributed by atoms with Crippen LogP contribution in [-0.4, -0.2) is 30.9 Å². The third-order valence-corrected chi connectivity index (χ3v) is 2.62. The highest BCUT2D eigenvalue weighted by atomic mass is 19.1. The lowest BCUT2D eigenvalue weighted by Crippen LogP contribution is -2.27. The van der Waals surface area contributed by atoms with Crippen LogP contribution < -0.4 is 5.32 Å². The smallest absolute Gasteiger partial charge is 0.255 e. The molecule has 1 N–H and O–H groups in total. The van der Waals surface area contributed by atoms with E-state index in [-0.39, 0.29) is 11.7 Å². The highest BCUT2D eigenvalue weighted by Crippen LogP contribution is 2.21. The Labute approximate surface area is 102 Å². The monoisotopic (exact) mass is 238 g/mol. The van der Waals surface area contributed by atoms with Crippen molar-refractivity contribution in [1.29, 1.82) is 0 Å². The Kier molecular flexibility index (Phi) is 4.94. The number of hydrogen-bond acceptors (Lipinski definition) is 2. The van der Waals surface area contributed by atoms with Crippen LogP contribution in [0.4, 0.5) is 10.1 Å². The molecule has 17 heavy (non-hydrogen) atoms. The van der Waals surface area contributed by atoms with Crippen LogP contribution in [0.3, 0.4) is 0 Å². The Morgan fingerprint density at radius 1 is 1.41 bits per heavy atom. The summed E-state index contributed by atoms with van der Waals surface area (Å²) in [6.07, 6.45) is 0.881. The minimum absolute atomic E-state index is 0.161. The molecule has 0 saturated heterocycles. The third kappa shape index (κ3) is 3.19. The number of hydrogen-bond donors (Lipinski definition) is 1. The van der Waals surface area contributed by atoms with Crippen molar-refractivity contribution in [2.75, 3.05) is 25.5 Å². The fourth-order valence-corrected chi connectivity index (χ4v) is 1.48. The summed E-state index contributed by atoms with van der Waals surface area (Å²) >= 11 is 0. The molecule has 0 aromatic heterocycles. The van der Waals surface area contributed by atoms with Gasteiger partial charge in [0.1, 0.15) is 5.82 Å². The molecule has 4 heteroatoms. The van der Waals surface area contributed by atoms with Crippen LogP contribution >= 0.6 is 0 Å². The van der Waals surface area contributed by atoms with Gasteiger partial charge in [0.05, 0.1) is 11.3 Å². The number of nitrogens with one attached hydrogen (secondary N) is 1. The lowest BCUT2D eigenvalue weighted by molar-refractivity contribution is 0.0803. The molecule has 1 aromatic carbocycles. The Bertz CT molecular complexity index is 393. The minimum atomic E-state index is -0.381. The normalized spacial score (nSPS) is 10.1. The molecule has 3 nitrogen and oxygen atoms in total. The standard InChI is InChI=1S/C13H19FN2O/c1-4-9-15-12-10(7-6-8-11(12)14)13(17)16(3)5-2/h6-8,15H,4-5,9H2,1-3H3. The maximum atomic E-state index is 13.7. The highest BCUT2D eigenvalue weighted by molar-refractivity contribution is 5.99. The van der Waals surface area contributed by atoms with Crippen molar-refractivity contribution in [2.24, 2.45) is 0 Å². The molecule has 1 amide bonds. The summed E-state index contributed by atoms with van der Waals surface area (Å²) in [6.45, 7) is 5.13. The third-order valence-electron chi connectivity index (χ3n) is 2.62. The number of amides is 1. The zero-order chi connectivity index (χ0) is 12.8. The first-order chi connectivity index (χ1) is 8.11. The molecule has 1 aromatic rings. The van der Waals surface area contributed by atoms with E-state index < -0.39 is 0 Å². The average Bonchev–Trinajstić information content (AvgIpc) is 2.35. The molecule has 0 aliphatic heterocycles. The first-order valence-corrected chi connectivity index (χ1v) is 5.89. The van der Waals surface area contributed by atoms with Gasteiger partial charge in [-0.3, -0.25) is 4.79 Å². The van der Waals surface area contributed by atoms with Gasteiger partial charge in [0.15, 0.2) is 0 Å². The SMILES string of the molecule is CCCNc1c(F)cccc1C(=O)N(C)CC. The quantitative estimate of drug-likeness (QED) is 0.855. The van der Waals surface area contributed by atoms with Crippen LogP contribution in [-0.2, 0) is 0 Å². The summed E-state index contributed by atoms with van der Waals surface area (Å²) < 4.78 is 13.7. The number of anilines is 1. The molecule has 0 heterocycles. The lowest BCUT2D eigenvalue weighted by atomic mass is 10.1. The van der Waals surface area contributed by atoms with Gasteiger partial charge in [-0.2, -0.15) is 0 Å². The van der Waals surface area contributed by atoms with Crippen LogP contribution in [0, 0.1) is 5.82 Å². The fourth-order valence-electron chi connectivity index (χ4n) is 1.48. The van der Waals surface area contributed by atoms with E-state index in [2.05, 4.69) is 5.32 Å². The number of halogens is 1. The van der Waals surface area contributed by atoms with Crippen molar-refractivity contribution in [2.45, 2.75) is 20.3 Å². The maximum absolute atomic E-state index is 13.7. The van der Waals surface area contributed by atoms with Crippen LogP contribution in [0.5, 0.6) is 0 Å². The predicted molar refractivity (Wildman–Crippen MR) is 67.8 cm³/mol. The first kappa shape index (κ1) is 13.5. The molecule has 1 rings (SSSR count).